The van der Waals surface area contributed by atoms with Gasteiger partial charge in [-0.2, -0.15) is 5.26 Å². The molecule has 8 heteroatoms. The minimum atomic E-state index is 0.142. The van der Waals surface area contributed by atoms with E-state index in [4.69, 9.17) is 14.9 Å². The van der Waals surface area contributed by atoms with Crippen LogP contribution in [0.1, 0.15) is 37.1 Å². The smallest absolute Gasteiger partial charge is 0.234 e. The molecule has 0 amide bonds. The van der Waals surface area contributed by atoms with E-state index in [2.05, 4.69) is 25.9 Å². The van der Waals surface area contributed by atoms with Crippen LogP contribution in [0.3, 0.4) is 0 Å². The third-order valence-electron chi connectivity index (χ3n) is 6.88. The van der Waals surface area contributed by atoms with E-state index in [0.717, 1.165) is 62.3 Å². The molecule has 2 saturated heterocycles. The van der Waals surface area contributed by atoms with E-state index in [9.17, 15) is 5.26 Å². The zero-order valence-electron chi connectivity index (χ0n) is 19.3. The average Bonchev–Trinajstić information content (AvgIpc) is 3.55. The number of fused-ring (bicyclic) bond motifs is 1. The summed E-state index contributed by atoms with van der Waals surface area (Å²) in [4.78, 5) is 9.03. The van der Waals surface area contributed by atoms with E-state index in [0.29, 0.717) is 35.4 Å². The lowest BCUT2D eigenvalue weighted by molar-refractivity contribution is 0.182. The second-order valence-electron chi connectivity index (χ2n) is 9.17. The van der Waals surface area contributed by atoms with Crippen LogP contribution in [0.4, 0.5) is 0 Å². The highest BCUT2D eigenvalue weighted by molar-refractivity contribution is 5.93. The Hall–Kier alpha value is -3.28. The molecule has 5 rings (SSSR count). The summed E-state index contributed by atoms with van der Waals surface area (Å²) in [5, 5.41) is 21.8. The number of ether oxygens (including phenoxy) is 2. The lowest BCUT2D eigenvalue weighted by Gasteiger charge is -2.22. The van der Waals surface area contributed by atoms with Crippen molar-refractivity contribution in [1.29, 1.82) is 10.7 Å². The zero-order valence-corrected chi connectivity index (χ0v) is 19.3. The highest BCUT2D eigenvalue weighted by Gasteiger charge is 2.20. The number of nitrogens with one attached hydrogen (secondary N) is 2. The molecule has 2 aliphatic rings. The van der Waals surface area contributed by atoms with Gasteiger partial charge in [0.2, 0.25) is 5.82 Å². The Kier molecular flexibility index (Phi) is 6.84. The van der Waals surface area contributed by atoms with Crippen molar-refractivity contribution >= 4 is 17.2 Å². The van der Waals surface area contributed by atoms with Crippen molar-refractivity contribution in [1.82, 2.24) is 19.9 Å². The van der Waals surface area contributed by atoms with Gasteiger partial charge in [0, 0.05) is 48.0 Å². The van der Waals surface area contributed by atoms with Crippen molar-refractivity contribution < 1.29 is 9.47 Å². The molecule has 1 atom stereocenters. The number of hydrogen-bond donors (Lipinski definition) is 2. The fourth-order valence-corrected chi connectivity index (χ4v) is 4.93. The lowest BCUT2D eigenvalue weighted by Crippen LogP contribution is -2.28. The third kappa shape index (κ3) is 4.81. The molecular weight excluding hydrogens is 428 g/mol. The molecule has 0 bridgehead atoms. The summed E-state index contributed by atoms with van der Waals surface area (Å²) in [5.74, 6) is 1.99. The minimum Gasteiger partial charge on any atom is -0.493 e. The minimum absolute atomic E-state index is 0.142. The SMILES string of the molecule is N#Cc1nc(-c2ccc(OCCC3CCNCC3)c(C=N)c2)c2ccn(CC3CCOC3)c2n1. The molecule has 0 saturated carbocycles. The van der Waals surface area contributed by atoms with Gasteiger partial charge >= 0.3 is 0 Å². The number of benzene rings is 1. The summed E-state index contributed by atoms with van der Waals surface area (Å²) >= 11 is 0. The number of nitriles is 1. The fraction of sp³-hybridized carbons (Fsp3) is 0.462. The van der Waals surface area contributed by atoms with Crippen molar-refractivity contribution in [3.05, 3.63) is 41.9 Å². The van der Waals surface area contributed by atoms with Gasteiger partial charge in [-0.3, -0.25) is 0 Å². The van der Waals surface area contributed by atoms with Crippen LogP contribution in [0.15, 0.2) is 30.5 Å². The number of aromatic nitrogens is 3. The Morgan fingerprint density at radius 3 is 2.85 bits per heavy atom. The fourth-order valence-electron chi connectivity index (χ4n) is 4.93. The maximum Gasteiger partial charge on any atom is 0.234 e. The molecule has 0 aliphatic carbocycles. The Balaban J connectivity index is 1.40. The Morgan fingerprint density at radius 1 is 1.21 bits per heavy atom. The van der Waals surface area contributed by atoms with E-state index in [1.807, 2.05) is 30.5 Å². The monoisotopic (exact) mass is 458 g/mol. The quantitative estimate of drug-likeness (QED) is 0.498. The van der Waals surface area contributed by atoms with Gasteiger partial charge in [0.1, 0.15) is 17.5 Å². The van der Waals surface area contributed by atoms with Crippen molar-refractivity contribution in [2.75, 3.05) is 32.9 Å². The summed E-state index contributed by atoms with van der Waals surface area (Å²) in [6, 6.07) is 9.89. The molecule has 3 aromatic rings. The topological polar surface area (TPSA) is 109 Å². The first-order valence-electron chi connectivity index (χ1n) is 12.1. The Labute approximate surface area is 199 Å². The predicted octanol–water partition coefficient (Wildman–Crippen LogP) is 3.77. The van der Waals surface area contributed by atoms with Gasteiger partial charge in [0.05, 0.1) is 18.9 Å². The third-order valence-corrected chi connectivity index (χ3v) is 6.88. The Bertz CT molecular complexity index is 1200. The van der Waals surface area contributed by atoms with E-state index in [-0.39, 0.29) is 5.82 Å². The van der Waals surface area contributed by atoms with Crippen LogP contribution in [0.5, 0.6) is 5.75 Å². The lowest BCUT2D eigenvalue weighted by atomic mass is 9.95. The number of rotatable bonds is 8. The van der Waals surface area contributed by atoms with Crippen molar-refractivity contribution in [2.45, 2.75) is 32.2 Å². The van der Waals surface area contributed by atoms with Crippen LogP contribution in [0.25, 0.3) is 22.3 Å². The maximum atomic E-state index is 9.57. The van der Waals surface area contributed by atoms with Crippen LogP contribution in [-0.2, 0) is 11.3 Å². The zero-order chi connectivity index (χ0) is 23.3. The highest BCUT2D eigenvalue weighted by atomic mass is 16.5. The first-order chi connectivity index (χ1) is 16.7. The molecule has 2 fully saturated rings. The number of nitrogens with zero attached hydrogens (tertiary/aromatic N) is 4. The maximum absolute atomic E-state index is 9.57. The van der Waals surface area contributed by atoms with Crippen molar-refractivity contribution in [3.8, 4) is 23.1 Å². The molecule has 0 radical (unpaired) electrons. The van der Waals surface area contributed by atoms with Crippen LogP contribution < -0.4 is 10.1 Å². The standard InChI is InChI=1S/C26H30N6O2/c27-14-21-13-20(1-2-23(21)34-12-7-18-3-8-29-9-4-18)25-22-5-10-32(16-19-6-11-33-17-19)26(22)31-24(15-28)30-25/h1-2,5,10,13-14,18-19,27,29H,3-4,6-9,11-12,16-17H2. The second kappa shape index (κ2) is 10.3. The molecule has 176 valence electrons. The molecule has 2 aliphatic heterocycles. The van der Waals surface area contributed by atoms with E-state index in [1.165, 1.54) is 19.1 Å². The van der Waals surface area contributed by atoms with E-state index >= 15 is 0 Å². The first kappa shape index (κ1) is 22.5. The van der Waals surface area contributed by atoms with Gasteiger partial charge in [0.25, 0.3) is 0 Å². The van der Waals surface area contributed by atoms with Crippen LogP contribution in [0, 0.1) is 28.6 Å². The van der Waals surface area contributed by atoms with Crippen molar-refractivity contribution in [3.63, 3.8) is 0 Å². The van der Waals surface area contributed by atoms with Gasteiger partial charge in [-0.05, 0) is 69.0 Å². The molecule has 1 aromatic carbocycles. The van der Waals surface area contributed by atoms with Crippen LogP contribution in [0.2, 0.25) is 0 Å². The van der Waals surface area contributed by atoms with Crippen molar-refractivity contribution in [2.24, 2.45) is 11.8 Å². The van der Waals surface area contributed by atoms with Gasteiger partial charge in [0.15, 0.2) is 0 Å². The van der Waals surface area contributed by atoms with Gasteiger partial charge < -0.3 is 24.8 Å². The largest absolute Gasteiger partial charge is 0.493 e. The average molecular weight is 459 g/mol. The second-order valence-corrected chi connectivity index (χ2v) is 9.17. The van der Waals surface area contributed by atoms with Gasteiger partial charge in [-0.15, -0.1) is 0 Å². The summed E-state index contributed by atoms with van der Waals surface area (Å²) in [7, 11) is 0. The first-order valence-corrected chi connectivity index (χ1v) is 12.1. The molecule has 1 unspecified atom stereocenters. The summed E-state index contributed by atoms with van der Waals surface area (Å²) in [6.45, 7) is 5.17. The van der Waals surface area contributed by atoms with E-state index < -0.39 is 0 Å². The summed E-state index contributed by atoms with van der Waals surface area (Å²) in [6.07, 6.45) is 7.77. The van der Waals surface area contributed by atoms with Crippen LogP contribution >= 0.6 is 0 Å². The molecular formula is C26H30N6O2. The molecule has 2 N–H and O–H groups in total. The molecule has 4 heterocycles. The predicted molar refractivity (Wildman–Crippen MR) is 130 cm³/mol. The molecule has 8 nitrogen and oxygen atoms in total. The molecule has 34 heavy (non-hydrogen) atoms. The van der Waals surface area contributed by atoms with E-state index in [1.54, 1.807) is 0 Å². The summed E-state index contributed by atoms with van der Waals surface area (Å²) < 4.78 is 13.7. The number of hydrogen-bond acceptors (Lipinski definition) is 7. The summed E-state index contributed by atoms with van der Waals surface area (Å²) in [5.41, 5.74) is 3.00. The highest BCUT2D eigenvalue weighted by Crippen LogP contribution is 2.31. The molecule has 2 aromatic heterocycles. The Morgan fingerprint density at radius 2 is 2.09 bits per heavy atom. The number of piperidine rings is 1. The van der Waals surface area contributed by atoms with Gasteiger partial charge in [-0.1, -0.05) is 0 Å². The van der Waals surface area contributed by atoms with Gasteiger partial charge in [-0.25, -0.2) is 9.97 Å². The molecule has 0 spiro atoms. The normalized spacial score (nSPS) is 18.7. The van der Waals surface area contributed by atoms with Crippen LogP contribution in [-0.4, -0.2) is 53.7 Å².